The largest absolute Gasteiger partial charge is 0.316 e. The van der Waals surface area contributed by atoms with Crippen LogP contribution >= 0.6 is 15.9 Å². The Morgan fingerprint density at radius 1 is 1.30 bits per heavy atom. The van der Waals surface area contributed by atoms with Crippen LogP contribution in [0.2, 0.25) is 0 Å². The third-order valence-electron chi connectivity index (χ3n) is 4.20. The Morgan fingerprint density at radius 3 is 2.80 bits per heavy atom. The Kier molecular flexibility index (Phi) is 3.87. The normalized spacial score (nSPS) is 27.5. The zero-order valence-electron chi connectivity index (χ0n) is 10.9. The molecule has 1 aromatic carbocycles. The monoisotopic (exact) mass is 362 g/mol. The van der Waals surface area contributed by atoms with Crippen molar-refractivity contribution in [1.82, 2.24) is 9.62 Å². The minimum atomic E-state index is -3.60. The molecule has 1 aromatic rings. The van der Waals surface area contributed by atoms with Crippen LogP contribution in [0.5, 0.6) is 0 Å². The summed E-state index contributed by atoms with van der Waals surface area (Å²) < 4.78 is 40.4. The lowest BCUT2D eigenvalue weighted by Crippen LogP contribution is -2.43. The van der Waals surface area contributed by atoms with E-state index < -0.39 is 15.8 Å². The summed E-state index contributed by atoms with van der Waals surface area (Å²) in [6, 6.07) is 3.96. The van der Waals surface area contributed by atoms with E-state index in [4.69, 9.17) is 0 Å². The van der Waals surface area contributed by atoms with Crippen molar-refractivity contribution in [3.05, 3.63) is 28.5 Å². The average Bonchev–Trinajstić information content (AvgIpc) is 2.89. The summed E-state index contributed by atoms with van der Waals surface area (Å²) in [6.07, 6.45) is 0.871. The maximum Gasteiger partial charge on any atom is 0.243 e. The molecule has 110 valence electrons. The van der Waals surface area contributed by atoms with Crippen LogP contribution < -0.4 is 5.32 Å². The maximum absolute atomic E-state index is 13.6. The number of benzene rings is 1. The molecule has 2 heterocycles. The van der Waals surface area contributed by atoms with E-state index in [1.807, 2.05) is 0 Å². The fourth-order valence-corrected chi connectivity index (χ4v) is 4.78. The van der Waals surface area contributed by atoms with Gasteiger partial charge in [-0.1, -0.05) is 0 Å². The zero-order valence-corrected chi connectivity index (χ0v) is 13.3. The first-order valence-electron chi connectivity index (χ1n) is 6.64. The van der Waals surface area contributed by atoms with E-state index >= 15 is 0 Å². The topological polar surface area (TPSA) is 49.4 Å². The number of hydrogen-bond donors (Lipinski definition) is 1. The SMILES string of the molecule is O=S(=O)(c1ccc(Br)c(F)c1)N1CCC2CNCC2C1. The molecule has 7 heteroatoms. The molecule has 0 spiro atoms. The van der Waals surface area contributed by atoms with Gasteiger partial charge >= 0.3 is 0 Å². The number of nitrogens with one attached hydrogen (secondary N) is 1. The minimum absolute atomic E-state index is 0.0302. The molecule has 4 nitrogen and oxygen atoms in total. The number of halogens is 2. The van der Waals surface area contributed by atoms with E-state index in [0.29, 0.717) is 24.9 Å². The Labute approximate surface area is 126 Å². The fraction of sp³-hybridized carbons (Fsp3) is 0.538. The van der Waals surface area contributed by atoms with Gasteiger partial charge in [-0.15, -0.1) is 0 Å². The van der Waals surface area contributed by atoms with Crippen LogP contribution in [0, 0.1) is 17.7 Å². The van der Waals surface area contributed by atoms with Crippen molar-refractivity contribution in [2.75, 3.05) is 26.2 Å². The fourth-order valence-electron chi connectivity index (χ4n) is 3.01. The molecule has 0 bridgehead atoms. The summed E-state index contributed by atoms with van der Waals surface area (Å²) in [5.74, 6) is 0.394. The Morgan fingerprint density at radius 2 is 2.05 bits per heavy atom. The average molecular weight is 363 g/mol. The van der Waals surface area contributed by atoms with Crippen LogP contribution in [0.15, 0.2) is 27.6 Å². The van der Waals surface area contributed by atoms with Crippen molar-refractivity contribution in [3.63, 3.8) is 0 Å². The summed E-state index contributed by atoms with van der Waals surface area (Å²) in [5, 5.41) is 3.30. The van der Waals surface area contributed by atoms with Crippen LogP contribution in [0.25, 0.3) is 0 Å². The molecule has 2 saturated heterocycles. The summed E-state index contributed by atoms with van der Waals surface area (Å²) in [7, 11) is -3.60. The highest BCUT2D eigenvalue weighted by Gasteiger charge is 2.37. The second kappa shape index (κ2) is 5.36. The summed E-state index contributed by atoms with van der Waals surface area (Å²) in [6.45, 7) is 2.89. The highest BCUT2D eigenvalue weighted by molar-refractivity contribution is 9.10. The molecule has 0 saturated carbocycles. The molecule has 0 amide bonds. The van der Waals surface area contributed by atoms with Gasteiger partial charge in [0.2, 0.25) is 10.0 Å². The van der Waals surface area contributed by atoms with Gasteiger partial charge in [0.15, 0.2) is 0 Å². The van der Waals surface area contributed by atoms with E-state index in [1.54, 1.807) is 0 Å². The van der Waals surface area contributed by atoms with Gasteiger partial charge in [-0.2, -0.15) is 4.31 Å². The summed E-state index contributed by atoms with van der Waals surface area (Å²) >= 11 is 3.04. The zero-order chi connectivity index (χ0) is 14.3. The number of piperidine rings is 1. The summed E-state index contributed by atoms with van der Waals surface area (Å²) in [4.78, 5) is 0.0302. The molecular formula is C13H16BrFN2O2S. The molecule has 0 radical (unpaired) electrons. The van der Waals surface area contributed by atoms with Crippen LogP contribution in [0.1, 0.15) is 6.42 Å². The molecule has 0 aromatic heterocycles. The third kappa shape index (κ3) is 2.52. The Balaban J connectivity index is 1.86. The van der Waals surface area contributed by atoms with Crippen LogP contribution in [-0.2, 0) is 10.0 Å². The second-order valence-corrected chi connectivity index (χ2v) is 8.20. The highest BCUT2D eigenvalue weighted by Crippen LogP contribution is 2.30. The Hall–Kier alpha value is -0.500. The third-order valence-corrected chi connectivity index (χ3v) is 6.70. The lowest BCUT2D eigenvalue weighted by molar-refractivity contribution is 0.228. The summed E-state index contributed by atoms with van der Waals surface area (Å²) in [5.41, 5.74) is 0. The van der Waals surface area contributed by atoms with Gasteiger partial charge in [-0.3, -0.25) is 0 Å². The van der Waals surface area contributed by atoms with Crippen molar-refractivity contribution in [2.45, 2.75) is 11.3 Å². The molecule has 2 aliphatic rings. The highest BCUT2D eigenvalue weighted by atomic mass is 79.9. The number of rotatable bonds is 2. The molecule has 2 aliphatic heterocycles. The van der Waals surface area contributed by atoms with Crippen LogP contribution in [0.3, 0.4) is 0 Å². The lowest BCUT2D eigenvalue weighted by Gasteiger charge is -2.33. The standard InChI is InChI=1S/C13H16BrFN2O2S/c14-12-2-1-11(5-13(12)15)20(18,19)17-4-3-9-6-16-7-10(9)8-17/h1-2,5,9-10,16H,3-4,6-8H2. The molecule has 1 N–H and O–H groups in total. The van der Waals surface area contributed by atoms with Crippen molar-refractivity contribution in [3.8, 4) is 0 Å². The molecule has 20 heavy (non-hydrogen) atoms. The molecular weight excluding hydrogens is 347 g/mol. The van der Waals surface area contributed by atoms with Crippen molar-refractivity contribution >= 4 is 26.0 Å². The molecule has 2 atom stereocenters. The van der Waals surface area contributed by atoms with Crippen LogP contribution in [0.4, 0.5) is 4.39 Å². The minimum Gasteiger partial charge on any atom is -0.316 e. The smallest absolute Gasteiger partial charge is 0.243 e. The first kappa shape index (κ1) is 14.4. The van der Waals surface area contributed by atoms with Gasteiger partial charge in [0, 0.05) is 13.1 Å². The van der Waals surface area contributed by atoms with Gasteiger partial charge in [-0.05, 0) is 65.5 Å². The van der Waals surface area contributed by atoms with E-state index in [-0.39, 0.29) is 9.37 Å². The quantitative estimate of drug-likeness (QED) is 0.872. The predicted molar refractivity (Wildman–Crippen MR) is 77.3 cm³/mol. The number of sulfonamides is 1. The lowest BCUT2D eigenvalue weighted by atomic mass is 9.90. The van der Waals surface area contributed by atoms with Gasteiger partial charge in [0.05, 0.1) is 9.37 Å². The molecule has 2 fully saturated rings. The second-order valence-electron chi connectivity index (χ2n) is 5.41. The van der Waals surface area contributed by atoms with E-state index in [1.165, 1.54) is 16.4 Å². The first-order valence-corrected chi connectivity index (χ1v) is 8.87. The number of nitrogens with zero attached hydrogens (tertiary/aromatic N) is 1. The van der Waals surface area contributed by atoms with Crippen molar-refractivity contribution in [1.29, 1.82) is 0 Å². The van der Waals surface area contributed by atoms with E-state index in [2.05, 4.69) is 21.2 Å². The van der Waals surface area contributed by atoms with Crippen molar-refractivity contribution < 1.29 is 12.8 Å². The molecule has 3 rings (SSSR count). The molecule has 0 aliphatic carbocycles. The van der Waals surface area contributed by atoms with Crippen molar-refractivity contribution in [2.24, 2.45) is 11.8 Å². The first-order chi connectivity index (χ1) is 9.48. The van der Waals surface area contributed by atoms with Gasteiger partial charge in [-0.25, -0.2) is 12.8 Å². The maximum atomic E-state index is 13.6. The van der Waals surface area contributed by atoms with Crippen LogP contribution in [-0.4, -0.2) is 38.9 Å². The number of hydrogen-bond acceptors (Lipinski definition) is 3. The van der Waals surface area contributed by atoms with Gasteiger partial charge in [0.1, 0.15) is 5.82 Å². The van der Waals surface area contributed by atoms with E-state index in [9.17, 15) is 12.8 Å². The predicted octanol–water partition coefficient (Wildman–Crippen LogP) is 1.82. The Bertz CT molecular complexity index is 623. The molecule has 2 unspecified atom stereocenters. The van der Waals surface area contributed by atoms with E-state index in [0.717, 1.165) is 25.6 Å². The van der Waals surface area contributed by atoms with Gasteiger partial charge < -0.3 is 5.32 Å². The number of fused-ring (bicyclic) bond motifs is 1. The van der Waals surface area contributed by atoms with Gasteiger partial charge in [0.25, 0.3) is 0 Å².